The molecule has 0 aliphatic heterocycles. The van der Waals surface area contributed by atoms with Gasteiger partial charge in [0.2, 0.25) is 0 Å². The average Bonchev–Trinajstić information content (AvgIpc) is 2.64. The van der Waals surface area contributed by atoms with Gasteiger partial charge >= 0.3 is 0 Å². The van der Waals surface area contributed by atoms with Crippen molar-refractivity contribution >= 4 is 11.8 Å². The number of aryl methyl sites for hydroxylation is 1. The van der Waals surface area contributed by atoms with E-state index in [2.05, 4.69) is 107 Å². The maximum atomic E-state index is 2.22. The molecule has 0 atom stereocenters. The van der Waals surface area contributed by atoms with Crippen molar-refractivity contribution in [3.05, 3.63) is 35.9 Å². The Morgan fingerprint density at radius 2 is 1.04 bits per heavy atom. The van der Waals surface area contributed by atoms with Crippen LogP contribution in [0.3, 0.4) is 0 Å². The molecule has 1 aromatic rings. The molecule has 1 heteroatoms. The quantitative estimate of drug-likeness (QED) is 0.461. The van der Waals surface area contributed by atoms with Crippen LogP contribution in [0.2, 0.25) is 0 Å². The number of rotatable bonds is 5. The summed E-state index contributed by atoms with van der Waals surface area (Å²) in [6.45, 7) is 24.1. The second-order valence-corrected chi connectivity index (χ2v) is 9.15. The highest BCUT2D eigenvalue weighted by Crippen LogP contribution is 1.97. The van der Waals surface area contributed by atoms with Crippen molar-refractivity contribution in [3.8, 4) is 0 Å². The van der Waals surface area contributed by atoms with Gasteiger partial charge in [0.15, 0.2) is 0 Å². The first kappa shape index (κ1) is 38.2. The standard InChI is InChI=1S/C8H10.2C5H12.C4H10S.C4H10.CH4/c1-2-8-6-4-3-5-7-8;2*1-4-5(2)3;1-3-4-5-2;1-4(2)3;/h3-7H,2H2,1H3;2*5H,4H2,1-3H3;3-4H2,1-2H3;4H,1-3H3;1H4. The fourth-order valence-electron chi connectivity index (χ4n) is 0.918. The van der Waals surface area contributed by atoms with Crippen LogP contribution in [0.1, 0.15) is 108 Å². The molecule has 0 amide bonds. The van der Waals surface area contributed by atoms with Gasteiger partial charge in [-0.1, -0.05) is 127 Å². The fourth-order valence-corrected chi connectivity index (χ4v) is 1.33. The van der Waals surface area contributed by atoms with E-state index in [1.54, 1.807) is 0 Å². The summed E-state index contributed by atoms with van der Waals surface area (Å²) in [6, 6.07) is 10.5. The van der Waals surface area contributed by atoms with Crippen LogP contribution in [0.5, 0.6) is 0 Å². The first-order valence-corrected chi connectivity index (χ1v) is 12.5. The lowest BCUT2D eigenvalue weighted by Crippen LogP contribution is -1.77. The molecule has 0 nitrogen and oxygen atoms in total. The minimum Gasteiger partial charge on any atom is -0.165 e. The topological polar surface area (TPSA) is 0 Å². The van der Waals surface area contributed by atoms with Crippen LogP contribution in [0, 0.1) is 17.8 Å². The molecule has 1 rings (SSSR count). The molecule has 0 bridgehead atoms. The van der Waals surface area contributed by atoms with E-state index >= 15 is 0 Å². The van der Waals surface area contributed by atoms with Crippen molar-refractivity contribution in [3.63, 3.8) is 0 Å². The summed E-state index contributed by atoms with van der Waals surface area (Å²) >= 11 is 1.90. The van der Waals surface area contributed by atoms with Crippen LogP contribution in [-0.4, -0.2) is 12.0 Å². The Balaban J connectivity index is -0.0000000802. The number of hydrogen-bond donors (Lipinski definition) is 0. The van der Waals surface area contributed by atoms with Crippen molar-refractivity contribution in [2.75, 3.05) is 12.0 Å². The third-order valence-corrected chi connectivity index (χ3v) is 4.11. The third-order valence-electron chi connectivity index (χ3n) is 3.29. The van der Waals surface area contributed by atoms with Gasteiger partial charge in [0.25, 0.3) is 0 Å². The number of benzene rings is 1. The second-order valence-electron chi connectivity index (χ2n) is 8.17. The SMILES string of the molecule is C.CC(C)C.CCC(C)C.CCC(C)C.CCCSC.CCc1ccccc1. The van der Waals surface area contributed by atoms with Gasteiger partial charge in [0, 0.05) is 0 Å². The average molecular weight is 415 g/mol. The minimum absolute atomic E-state index is 0. The van der Waals surface area contributed by atoms with E-state index in [1.807, 2.05) is 17.8 Å². The monoisotopic (exact) mass is 414 g/mol. The highest BCUT2D eigenvalue weighted by molar-refractivity contribution is 7.98. The third kappa shape index (κ3) is 63.7. The summed E-state index contributed by atoms with van der Waals surface area (Å²) in [7, 11) is 0. The molecule has 0 N–H and O–H groups in total. The van der Waals surface area contributed by atoms with Crippen molar-refractivity contribution < 1.29 is 0 Å². The summed E-state index contributed by atoms with van der Waals surface area (Å²) in [5.74, 6) is 3.91. The van der Waals surface area contributed by atoms with Gasteiger partial charge in [-0.3, -0.25) is 0 Å². The van der Waals surface area contributed by atoms with E-state index in [1.165, 1.54) is 30.6 Å². The summed E-state index contributed by atoms with van der Waals surface area (Å²) in [5, 5.41) is 0. The molecule has 0 aliphatic rings. The van der Waals surface area contributed by atoms with Crippen molar-refractivity contribution in [1.29, 1.82) is 0 Å². The van der Waals surface area contributed by atoms with Crippen LogP contribution in [0.15, 0.2) is 30.3 Å². The zero-order valence-electron chi connectivity index (χ0n) is 21.1. The molecule has 0 heterocycles. The zero-order valence-corrected chi connectivity index (χ0v) is 21.9. The Morgan fingerprint density at radius 1 is 0.714 bits per heavy atom. The fraction of sp³-hybridized carbons (Fsp3) is 0.778. The molecule has 28 heavy (non-hydrogen) atoms. The van der Waals surface area contributed by atoms with E-state index in [9.17, 15) is 0 Å². The van der Waals surface area contributed by atoms with Gasteiger partial charge in [-0.05, 0) is 48.2 Å². The molecule has 172 valence electrons. The van der Waals surface area contributed by atoms with E-state index in [0.29, 0.717) is 0 Å². The molecule has 0 unspecified atom stereocenters. The Hall–Kier alpha value is -0.430. The van der Waals surface area contributed by atoms with Gasteiger partial charge in [0.1, 0.15) is 0 Å². The van der Waals surface area contributed by atoms with Gasteiger partial charge in [-0.15, -0.1) is 0 Å². The largest absolute Gasteiger partial charge is 0.165 e. The Kier molecular flexibility index (Phi) is 46.5. The molecular formula is C27H58S. The van der Waals surface area contributed by atoms with Crippen molar-refractivity contribution in [2.45, 2.75) is 109 Å². The van der Waals surface area contributed by atoms with Crippen LogP contribution in [0.4, 0.5) is 0 Å². The van der Waals surface area contributed by atoms with E-state index in [4.69, 9.17) is 0 Å². The van der Waals surface area contributed by atoms with E-state index in [0.717, 1.165) is 24.2 Å². The number of thioether (sulfide) groups is 1. The molecular weight excluding hydrogens is 356 g/mol. The summed E-state index contributed by atoms with van der Waals surface area (Å²) in [4.78, 5) is 0. The van der Waals surface area contributed by atoms with Crippen LogP contribution in [-0.2, 0) is 6.42 Å². The molecule has 0 saturated heterocycles. The number of hydrogen-bond acceptors (Lipinski definition) is 1. The van der Waals surface area contributed by atoms with Crippen LogP contribution < -0.4 is 0 Å². The highest BCUT2D eigenvalue weighted by Gasteiger charge is 1.81. The Labute approximate surface area is 186 Å². The predicted octanol–water partition coefficient (Wildman–Crippen LogP) is 10.4. The first-order chi connectivity index (χ1) is 12.6. The van der Waals surface area contributed by atoms with Crippen LogP contribution in [0.25, 0.3) is 0 Å². The Bertz CT molecular complexity index is 302. The minimum atomic E-state index is 0. The molecule has 0 aromatic heterocycles. The lowest BCUT2D eigenvalue weighted by atomic mass is 10.2. The van der Waals surface area contributed by atoms with Gasteiger partial charge in [0.05, 0.1) is 0 Å². The summed E-state index contributed by atoms with van der Waals surface area (Å²) < 4.78 is 0. The maximum Gasteiger partial charge on any atom is -0.00729 e. The molecule has 0 saturated carbocycles. The van der Waals surface area contributed by atoms with Gasteiger partial charge in [-0.2, -0.15) is 11.8 Å². The lowest BCUT2D eigenvalue weighted by Gasteiger charge is -1.90. The van der Waals surface area contributed by atoms with Gasteiger partial charge in [-0.25, -0.2) is 0 Å². The smallest absolute Gasteiger partial charge is 0.00729 e. The normalized spacial score (nSPS) is 8.82. The molecule has 1 aromatic carbocycles. The summed E-state index contributed by atoms with van der Waals surface area (Å²) in [5.41, 5.74) is 1.41. The van der Waals surface area contributed by atoms with Crippen LogP contribution >= 0.6 is 11.8 Å². The van der Waals surface area contributed by atoms with Crippen molar-refractivity contribution in [1.82, 2.24) is 0 Å². The van der Waals surface area contributed by atoms with E-state index < -0.39 is 0 Å². The second kappa shape index (κ2) is 34.1. The zero-order chi connectivity index (χ0) is 22.1. The first-order valence-electron chi connectivity index (χ1n) is 11.1. The maximum absolute atomic E-state index is 2.22. The van der Waals surface area contributed by atoms with Gasteiger partial charge < -0.3 is 0 Å². The lowest BCUT2D eigenvalue weighted by molar-refractivity contribution is 0.626. The predicted molar refractivity (Wildman–Crippen MR) is 142 cm³/mol. The highest BCUT2D eigenvalue weighted by atomic mass is 32.2. The molecule has 0 spiro atoms. The van der Waals surface area contributed by atoms with Crippen molar-refractivity contribution in [2.24, 2.45) is 17.8 Å². The molecule has 0 fully saturated rings. The Morgan fingerprint density at radius 3 is 1.14 bits per heavy atom. The molecule has 0 radical (unpaired) electrons. The van der Waals surface area contributed by atoms with E-state index in [-0.39, 0.29) is 7.43 Å². The summed E-state index contributed by atoms with van der Waals surface area (Å²) in [6.07, 6.45) is 7.19. The molecule has 0 aliphatic carbocycles.